The number of aromatic amines is 1. The first-order chi connectivity index (χ1) is 5.68. The van der Waals surface area contributed by atoms with Crippen molar-refractivity contribution in [3.63, 3.8) is 0 Å². The van der Waals surface area contributed by atoms with Crippen molar-refractivity contribution in [3.05, 3.63) is 11.5 Å². The third kappa shape index (κ3) is 1.03. The van der Waals surface area contributed by atoms with Gasteiger partial charge in [0.15, 0.2) is 11.5 Å². The molecule has 0 aromatic carbocycles. The quantitative estimate of drug-likeness (QED) is 0.600. The topological polar surface area (TPSA) is 92.0 Å². The van der Waals surface area contributed by atoms with E-state index in [1.165, 1.54) is 0 Å². The molecule has 0 saturated heterocycles. The number of carboxylic acids is 1. The highest BCUT2D eigenvalue weighted by molar-refractivity contribution is 5.90. The van der Waals surface area contributed by atoms with E-state index in [0.717, 1.165) is 12.8 Å². The Morgan fingerprint density at radius 2 is 2.33 bits per heavy atom. The Labute approximate surface area is 68.6 Å². The number of carbonyl (C=O) groups is 1. The number of hydrogen-bond acceptors (Lipinski definition) is 3. The summed E-state index contributed by atoms with van der Waals surface area (Å²) in [4.78, 5) is 17.2. The Bertz CT molecular complexity index is 327. The Balaban J connectivity index is 2.36. The Morgan fingerprint density at radius 3 is 2.75 bits per heavy atom. The molecule has 64 valence electrons. The van der Waals surface area contributed by atoms with Gasteiger partial charge in [-0.2, -0.15) is 0 Å². The highest BCUT2D eigenvalue weighted by atomic mass is 16.4. The van der Waals surface area contributed by atoms with Crippen LogP contribution in [0.25, 0.3) is 0 Å². The molecule has 1 aromatic heterocycles. The molecule has 1 fully saturated rings. The van der Waals surface area contributed by atoms with Crippen LogP contribution in [-0.2, 0) is 0 Å². The van der Waals surface area contributed by atoms with Crippen LogP contribution in [0, 0.1) is 0 Å². The molecule has 0 unspecified atom stereocenters. The molecule has 0 amide bonds. The molecular weight excluding hydrogens is 158 g/mol. The second kappa shape index (κ2) is 2.23. The van der Waals surface area contributed by atoms with Crippen molar-refractivity contribution in [1.29, 1.82) is 0 Å². The van der Waals surface area contributed by atoms with Crippen LogP contribution in [0.15, 0.2) is 0 Å². The highest BCUT2D eigenvalue weighted by Gasteiger charge is 2.28. The number of aromatic nitrogens is 2. The number of anilines is 1. The zero-order valence-electron chi connectivity index (χ0n) is 6.37. The standard InChI is InChI=1S/C7H9N3O2/c8-5-4(7(11)12)9-6(10-5)3-1-2-3/h3H,1-2,8H2,(H,9,10)(H,11,12). The van der Waals surface area contributed by atoms with Crippen molar-refractivity contribution in [1.82, 2.24) is 9.97 Å². The van der Waals surface area contributed by atoms with Gasteiger partial charge in [-0.1, -0.05) is 0 Å². The van der Waals surface area contributed by atoms with Crippen LogP contribution in [0.3, 0.4) is 0 Å². The van der Waals surface area contributed by atoms with Crippen LogP contribution in [0.1, 0.15) is 35.1 Å². The highest BCUT2D eigenvalue weighted by Crippen LogP contribution is 2.38. The van der Waals surface area contributed by atoms with Crippen LogP contribution in [0.4, 0.5) is 5.82 Å². The fraction of sp³-hybridized carbons (Fsp3) is 0.429. The molecule has 1 aliphatic carbocycles. The van der Waals surface area contributed by atoms with Gasteiger partial charge in [0.2, 0.25) is 0 Å². The lowest BCUT2D eigenvalue weighted by Gasteiger charge is -1.87. The molecular formula is C7H9N3O2. The smallest absolute Gasteiger partial charge is 0.356 e. The predicted octanol–water partition coefficient (Wildman–Crippen LogP) is 0.567. The number of nitrogens with zero attached hydrogens (tertiary/aromatic N) is 1. The second-order valence-corrected chi connectivity index (χ2v) is 2.96. The van der Waals surface area contributed by atoms with Gasteiger partial charge in [-0.15, -0.1) is 0 Å². The lowest BCUT2D eigenvalue weighted by atomic mass is 10.4. The van der Waals surface area contributed by atoms with E-state index in [1.807, 2.05) is 0 Å². The lowest BCUT2D eigenvalue weighted by Crippen LogP contribution is -2.01. The van der Waals surface area contributed by atoms with Crippen LogP contribution in [0.2, 0.25) is 0 Å². The minimum absolute atomic E-state index is 0.0110. The molecule has 0 atom stereocenters. The van der Waals surface area contributed by atoms with E-state index in [2.05, 4.69) is 9.97 Å². The van der Waals surface area contributed by atoms with E-state index in [-0.39, 0.29) is 11.5 Å². The van der Waals surface area contributed by atoms with Crippen molar-refractivity contribution in [2.75, 3.05) is 5.73 Å². The van der Waals surface area contributed by atoms with Crippen molar-refractivity contribution >= 4 is 11.8 Å². The first kappa shape index (κ1) is 7.15. The lowest BCUT2D eigenvalue weighted by molar-refractivity contribution is 0.0692. The van der Waals surface area contributed by atoms with E-state index in [1.54, 1.807) is 0 Å². The molecule has 5 nitrogen and oxygen atoms in total. The first-order valence-electron chi connectivity index (χ1n) is 3.77. The van der Waals surface area contributed by atoms with Gasteiger partial charge in [-0.3, -0.25) is 0 Å². The molecule has 0 radical (unpaired) electrons. The molecule has 5 heteroatoms. The van der Waals surface area contributed by atoms with Gasteiger partial charge in [0.1, 0.15) is 5.82 Å². The number of nitrogens with two attached hydrogens (primary N) is 1. The second-order valence-electron chi connectivity index (χ2n) is 2.96. The monoisotopic (exact) mass is 167 g/mol. The zero-order valence-corrected chi connectivity index (χ0v) is 6.37. The molecule has 1 heterocycles. The molecule has 1 saturated carbocycles. The molecule has 2 rings (SSSR count). The average Bonchev–Trinajstić information content (AvgIpc) is 2.75. The third-order valence-electron chi connectivity index (χ3n) is 1.93. The minimum atomic E-state index is -1.05. The summed E-state index contributed by atoms with van der Waals surface area (Å²) in [6, 6.07) is 0. The molecule has 0 aliphatic heterocycles. The molecule has 1 aliphatic rings. The van der Waals surface area contributed by atoms with Crippen LogP contribution in [0.5, 0.6) is 0 Å². The molecule has 1 aromatic rings. The van der Waals surface area contributed by atoms with Gasteiger partial charge < -0.3 is 15.8 Å². The first-order valence-corrected chi connectivity index (χ1v) is 3.77. The summed E-state index contributed by atoms with van der Waals surface area (Å²) in [5, 5.41) is 8.63. The SMILES string of the molecule is Nc1nc(C2CC2)[nH]c1C(=O)O. The van der Waals surface area contributed by atoms with Gasteiger partial charge in [-0.05, 0) is 12.8 Å². The summed E-state index contributed by atoms with van der Waals surface area (Å²) < 4.78 is 0. The maximum Gasteiger partial charge on any atom is 0.356 e. The number of carboxylic acid groups (broad SMARTS) is 1. The Morgan fingerprint density at radius 1 is 1.67 bits per heavy atom. The number of aromatic carboxylic acids is 1. The van der Waals surface area contributed by atoms with E-state index < -0.39 is 5.97 Å². The fourth-order valence-corrected chi connectivity index (χ4v) is 1.12. The van der Waals surface area contributed by atoms with Gasteiger partial charge in [0.25, 0.3) is 0 Å². The number of imidazole rings is 1. The Hall–Kier alpha value is -1.52. The third-order valence-corrected chi connectivity index (χ3v) is 1.93. The summed E-state index contributed by atoms with van der Waals surface area (Å²) >= 11 is 0. The summed E-state index contributed by atoms with van der Waals surface area (Å²) in [6.45, 7) is 0. The van der Waals surface area contributed by atoms with Gasteiger partial charge in [-0.25, -0.2) is 9.78 Å². The summed E-state index contributed by atoms with van der Waals surface area (Å²) in [5.74, 6) is 0.154. The van der Waals surface area contributed by atoms with E-state index in [9.17, 15) is 4.79 Å². The van der Waals surface area contributed by atoms with Crippen LogP contribution >= 0.6 is 0 Å². The molecule has 0 bridgehead atoms. The number of H-pyrrole nitrogens is 1. The van der Waals surface area contributed by atoms with Crippen molar-refractivity contribution < 1.29 is 9.90 Å². The van der Waals surface area contributed by atoms with Gasteiger partial charge >= 0.3 is 5.97 Å². The Kier molecular flexibility index (Phi) is 1.33. The van der Waals surface area contributed by atoms with E-state index >= 15 is 0 Å². The summed E-state index contributed by atoms with van der Waals surface area (Å²) in [5.41, 5.74) is 5.40. The van der Waals surface area contributed by atoms with Crippen molar-refractivity contribution in [3.8, 4) is 0 Å². The van der Waals surface area contributed by atoms with Crippen molar-refractivity contribution in [2.24, 2.45) is 0 Å². The zero-order chi connectivity index (χ0) is 8.72. The van der Waals surface area contributed by atoms with Crippen LogP contribution in [-0.4, -0.2) is 21.0 Å². The van der Waals surface area contributed by atoms with E-state index in [0.29, 0.717) is 11.7 Å². The average molecular weight is 167 g/mol. The maximum atomic E-state index is 10.5. The summed E-state index contributed by atoms with van der Waals surface area (Å²) in [6.07, 6.45) is 2.15. The number of hydrogen-bond donors (Lipinski definition) is 3. The largest absolute Gasteiger partial charge is 0.476 e. The van der Waals surface area contributed by atoms with Gasteiger partial charge in [0, 0.05) is 5.92 Å². The molecule has 4 N–H and O–H groups in total. The predicted molar refractivity (Wildman–Crippen MR) is 41.9 cm³/mol. The fourth-order valence-electron chi connectivity index (χ4n) is 1.12. The molecule has 0 spiro atoms. The number of nitrogen functional groups attached to an aromatic ring is 1. The van der Waals surface area contributed by atoms with Crippen molar-refractivity contribution in [2.45, 2.75) is 18.8 Å². The maximum absolute atomic E-state index is 10.5. The molecule has 12 heavy (non-hydrogen) atoms. The number of rotatable bonds is 2. The minimum Gasteiger partial charge on any atom is -0.476 e. The van der Waals surface area contributed by atoms with Gasteiger partial charge in [0.05, 0.1) is 0 Å². The van der Waals surface area contributed by atoms with Crippen LogP contribution < -0.4 is 5.73 Å². The summed E-state index contributed by atoms with van der Waals surface area (Å²) in [7, 11) is 0. The van der Waals surface area contributed by atoms with E-state index in [4.69, 9.17) is 10.8 Å². The number of nitrogens with one attached hydrogen (secondary N) is 1. The normalized spacial score (nSPS) is 16.3.